The zero-order valence-electron chi connectivity index (χ0n) is 15.0. The van der Waals surface area contributed by atoms with Gasteiger partial charge in [-0.3, -0.25) is 4.79 Å². The number of hydrogen-bond donors (Lipinski definition) is 0. The molecule has 3 rings (SSSR count). The lowest BCUT2D eigenvalue weighted by Crippen LogP contribution is -2.36. The number of halogens is 1. The number of hydrogen-bond acceptors (Lipinski definition) is 3. The molecule has 0 bridgehead atoms. The second-order valence-electron chi connectivity index (χ2n) is 7.53. The van der Waals surface area contributed by atoms with Gasteiger partial charge in [0.25, 0.3) is 5.91 Å². The normalized spacial score (nSPS) is 28.9. The number of fused-ring (bicyclic) bond motifs is 1. The molecule has 1 amide bonds. The van der Waals surface area contributed by atoms with Crippen LogP contribution < -0.4 is 4.74 Å². The van der Waals surface area contributed by atoms with Crippen molar-refractivity contribution >= 4 is 17.5 Å². The van der Waals surface area contributed by atoms with Gasteiger partial charge in [-0.25, -0.2) is 0 Å². The van der Waals surface area contributed by atoms with Crippen molar-refractivity contribution in [1.29, 1.82) is 0 Å². The van der Waals surface area contributed by atoms with Gasteiger partial charge in [0.05, 0.1) is 7.11 Å². The van der Waals surface area contributed by atoms with E-state index in [9.17, 15) is 4.79 Å². The molecule has 2 aliphatic rings. The predicted octanol–water partition coefficient (Wildman–Crippen LogP) is 3.54. The number of rotatable bonds is 4. The summed E-state index contributed by atoms with van der Waals surface area (Å²) in [6, 6.07) is 6.25. The van der Waals surface area contributed by atoms with Crippen molar-refractivity contribution in [2.24, 2.45) is 11.8 Å². The molecule has 4 atom stereocenters. The SMILES string of the molecule is COc1cc(Cl)cc(C(=O)N(C)C2C[C@H]3CC(N(C)C)C[C@H]3C2)c1. The lowest BCUT2D eigenvalue weighted by Gasteiger charge is -2.27. The molecule has 0 spiro atoms. The minimum absolute atomic E-state index is 0.0323. The smallest absolute Gasteiger partial charge is 0.254 e. The fourth-order valence-electron chi connectivity index (χ4n) is 4.46. The van der Waals surface area contributed by atoms with Crippen molar-refractivity contribution in [3.05, 3.63) is 28.8 Å². The van der Waals surface area contributed by atoms with Crippen LogP contribution in [0.15, 0.2) is 18.2 Å². The Balaban J connectivity index is 1.67. The van der Waals surface area contributed by atoms with Gasteiger partial charge in [0.2, 0.25) is 0 Å². The maximum atomic E-state index is 12.8. The van der Waals surface area contributed by atoms with Gasteiger partial charge in [-0.05, 0) is 69.8 Å². The summed E-state index contributed by atoms with van der Waals surface area (Å²) in [4.78, 5) is 17.1. The number of nitrogens with zero attached hydrogens (tertiary/aromatic N) is 2. The summed E-state index contributed by atoms with van der Waals surface area (Å²) in [5.41, 5.74) is 0.602. The van der Waals surface area contributed by atoms with E-state index in [0.717, 1.165) is 24.7 Å². The molecule has 0 aromatic heterocycles. The summed E-state index contributed by atoms with van der Waals surface area (Å²) in [6.07, 6.45) is 4.77. The highest BCUT2D eigenvalue weighted by Crippen LogP contribution is 2.46. The number of benzene rings is 1. The molecule has 0 aliphatic heterocycles. The topological polar surface area (TPSA) is 32.8 Å². The second kappa shape index (κ2) is 6.93. The van der Waals surface area contributed by atoms with E-state index in [4.69, 9.17) is 16.3 Å². The summed E-state index contributed by atoms with van der Waals surface area (Å²) in [5, 5.41) is 0.531. The molecule has 2 aliphatic carbocycles. The van der Waals surface area contributed by atoms with E-state index in [2.05, 4.69) is 19.0 Å². The van der Waals surface area contributed by atoms with E-state index in [0.29, 0.717) is 28.4 Å². The van der Waals surface area contributed by atoms with E-state index in [1.54, 1.807) is 25.3 Å². The Morgan fingerprint density at radius 3 is 2.17 bits per heavy atom. The fraction of sp³-hybridized carbons (Fsp3) is 0.632. The summed E-state index contributed by atoms with van der Waals surface area (Å²) in [7, 11) is 7.85. The number of amides is 1. The van der Waals surface area contributed by atoms with Crippen LogP contribution in [0, 0.1) is 11.8 Å². The van der Waals surface area contributed by atoms with Crippen molar-refractivity contribution in [1.82, 2.24) is 9.80 Å². The number of carbonyl (C=O) groups is 1. The number of methoxy groups -OCH3 is 1. The molecule has 2 unspecified atom stereocenters. The third-order valence-electron chi connectivity index (χ3n) is 5.92. The Morgan fingerprint density at radius 1 is 1.04 bits per heavy atom. The Labute approximate surface area is 149 Å². The molecule has 0 radical (unpaired) electrons. The second-order valence-corrected chi connectivity index (χ2v) is 7.97. The average molecular weight is 351 g/mol. The molecule has 2 fully saturated rings. The van der Waals surface area contributed by atoms with Gasteiger partial charge in [-0.1, -0.05) is 11.6 Å². The van der Waals surface area contributed by atoms with E-state index in [1.165, 1.54) is 12.8 Å². The molecule has 1 aromatic carbocycles. The molecule has 5 heteroatoms. The average Bonchev–Trinajstić information content (AvgIpc) is 3.11. The maximum Gasteiger partial charge on any atom is 0.254 e. The summed E-state index contributed by atoms with van der Waals surface area (Å²) >= 11 is 6.11. The summed E-state index contributed by atoms with van der Waals surface area (Å²) < 4.78 is 5.23. The quantitative estimate of drug-likeness (QED) is 0.832. The van der Waals surface area contributed by atoms with Gasteiger partial charge in [0.1, 0.15) is 5.75 Å². The Hall–Kier alpha value is -1.26. The third kappa shape index (κ3) is 3.40. The van der Waals surface area contributed by atoms with E-state index < -0.39 is 0 Å². The van der Waals surface area contributed by atoms with Crippen LogP contribution in [0.3, 0.4) is 0 Å². The minimum atomic E-state index is 0.0323. The van der Waals surface area contributed by atoms with Crippen molar-refractivity contribution < 1.29 is 9.53 Å². The van der Waals surface area contributed by atoms with Crippen LogP contribution in [0.5, 0.6) is 5.75 Å². The summed E-state index contributed by atoms with van der Waals surface area (Å²) in [5.74, 6) is 2.17. The van der Waals surface area contributed by atoms with E-state index in [-0.39, 0.29) is 5.91 Å². The molecule has 132 valence electrons. The molecular formula is C19H27ClN2O2. The van der Waals surface area contributed by atoms with Crippen LogP contribution in [0.1, 0.15) is 36.0 Å². The largest absolute Gasteiger partial charge is 0.497 e. The first-order valence-corrected chi connectivity index (χ1v) is 9.05. The van der Waals surface area contributed by atoms with Gasteiger partial charge in [-0.15, -0.1) is 0 Å². The van der Waals surface area contributed by atoms with Gasteiger partial charge < -0.3 is 14.5 Å². The van der Waals surface area contributed by atoms with Gasteiger partial charge in [0, 0.05) is 29.7 Å². The first-order valence-electron chi connectivity index (χ1n) is 8.67. The molecular weight excluding hydrogens is 324 g/mol. The van der Waals surface area contributed by atoms with Crippen molar-refractivity contribution in [2.75, 3.05) is 28.3 Å². The molecule has 0 saturated heterocycles. The molecule has 0 heterocycles. The molecule has 1 aromatic rings. The van der Waals surface area contributed by atoms with Crippen molar-refractivity contribution in [3.8, 4) is 5.75 Å². The predicted molar refractivity (Wildman–Crippen MR) is 96.8 cm³/mol. The zero-order valence-corrected chi connectivity index (χ0v) is 15.7. The van der Waals surface area contributed by atoms with Crippen molar-refractivity contribution in [2.45, 2.75) is 37.8 Å². The van der Waals surface area contributed by atoms with Gasteiger partial charge in [0.15, 0.2) is 0 Å². The zero-order chi connectivity index (χ0) is 17.4. The lowest BCUT2D eigenvalue weighted by atomic mass is 10.0. The van der Waals surface area contributed by atoms with Crippen LogP contribution >= 0.6 is 11.6 Å². The first kappa shape index (κ1) is 17.6. The van der Waals surface area contributed by atoms with E-state index >= 15 is 0 Å². The van der Waals surface area contributed by atoms with Crippen LogP contribution in [-0.2, 0) is 0 Å². The Bertz CT molecular complexity index is 605. The van der Waals surface area contributed by atoms with Crippen LogP contribution in [0.2, 0.25) is 5.02 Å². The van der Waals surface area contributed by atoms with Crippen LogP contribution in [0.4, 0.5) is 0 Å². The monoisotopic (exact) mass is 350 g/mol. The molecule has 2 saturated carbocycles. The highest BCUT2D eigenvalue weighted by Gasteiger charge is 2.44. The molecule has 0 N–H and O–H groups in total. The highest BCUT2D eigenvalue weighted by molar-refractivity contribution is 6.31. The Kier molecular flexibility index (Phi) is 5.07. The molecule has 4 nitrogen and oxygen atoms in total. The third-order valence-corrected chi connectivity index (χ3v) is 6.14. The molecule has 24 heavy (non-hydrogen) atoms. The van der Waals surface area contributed by atoms with Gasteiger partial charge in [-0.2, -0.15) is 0 Å². The van der Waals surface area contributed by atoms with Crippen LogP contribution in [-0.4, -0.2) is 56.0 Å². The number of carbonyl (C=O) groups excluding carboxylic acids is 1. The van der Waals surface area contributed by atoms with Gasteiger partial charge >= 0.3 is 0 Å². The Morgan fingerprint density at radius 2 is 1.62 bits per heavy atom. The minimum Gasteiger partial charge on any atom is -0.497 e. The number of ether oxygens (including phenoxy) is 1. The highest BCUT2D eigenvalue weighted by atomic mass is 35.5. The standard InChI is InChI=1S/C19H27ClN2O2/c1-21(2)16-6-12-8-17(9-13(12)7-16)22(3)19(23)14-5-15(20)11-18(10-14)24-4/h5,10-13,16-17H,6-9H2,1-4H3/t12-,13+,16?,17?. The van der Waals surface area contributed by atoms with Crippen molar-refractivity contribution in [3.63, 3.8) is 0 Å². The lowest BCUT2D eigenvalue weighted by molar-refractivity contribution is 0.0726. The summed E-state index contributed by atoms with van der Waals surface area (Å²) in [6.45, 7) is 0. The van der Waals surface area contributed by atoms with E-state index in [1.807, 2.05) is 11.9 Å². The maximum absolute atomic E-state index is 12.8. The first-order chi connectivity index (χ1) is 11.4. The van der Waals surface area contributed by atoms with Crippen LogP contribution in [0.25, 0.3) is 0 Å². The fourth-order valence-corrected chi connectivity index (χ4v) is 4.69.